The molecule has 2 fully saturated rings. The molecule has 0 bridgehead atoms. The van der Waals surface area contributed by atoms with Gasteiger partial charge in [-0.15, -0.1) is 0 Å². The quantitative estimate of drug-likeness (QED) is 0.407. The van der Waals surface area contributed by atoms with Crippen molar-refractivity contribution in [3.63, 3.8) is 0 Å². The van der Waals surface area contributed by atoms with E-state index < -0.39 is 27.4 Å². The van der Waals surface area contributed by atoms with Gasteiger partial charge in [0.25, 0.3) is 0 Å². The van der Waals surface area contributed by atoms with E-state index in [4.69, 9.17) is 4.74 Å². The zero-order valence-electron chi connectivity index (χ0n) is 23.3. The summed E-state index contributed by atoms with van der Waals surface area (Å²) in [5.41, 5.74) is 0.839. The highest BCUT2D eigenvalue weighted by Gasteiger charge is 2.47. The summed E-state index contributed by atoms with van der Waals surface area (Å²) in [6, 6.07) is 20.6. The van der Waals surface area contributed by atoms with E-state index in [0.717, 1.165) is 23.3 Å². The van der Waals surface area contributed by atoms with Crippen LogP contribution in [0.5, 0.6) is 0 Å². The van der Waals surface area contributed by atoms with Crippen LogP contribution in [0.2, 0.25) is 0 Å². The summed E-state index contributed by atoms with van der Waals surface area (Å²) < 4.78 is 74.3. The molecule has 2 aliphatic heterocycles. The lowest BCUT2D eigenvalue weighted by Crippen LogP contribution is -2.62. The number of halogens is 3. The average molecular weight is 602 g/mol. The van der Waals surface area contributed by atoms with Crippen LogP contribution < -0.4 is 5.32 Å². The van der Waals surface area contributed by atoms with Crippen molar-refractivity contribution in [3.05, 3.63) is 95.6 Å². The number of nitrogens with zero attached hydrogens (tertiary/aromatic N) is 2. The number of carbonyl (C=O) groups is 1. The van der Waals surface area contributed by atoms with Gasteiger partial charge in [0.15, 0.2) is 0 Å². The van der Waals surface area contributed by atoms with Crippen molar-refractivity contribution in [2.45, 2.75) is 48.9 Å². The number of carbonyl (C=O) groups excluding carboxylic acids is 1. The molecule has 1 atom stereocenters. The van der Waals surface area contributed by atoms with E-state index in [1.165, 1.54) is 12.1 Å². The van der Waals surface area contributed by atoms with Crippen molar-refractivity contribution >= 4 is 21.6 Å². The van der Waals surface area contributed by atoms with Crippen LogP contribution in [0.25, 0.3) is 0 Å². The van der Waals surface area contributed by atoms with E-state index in [0.29, 0.717) is 38.0 Å². The van der Waals surface area contributed by atoms with Gasteiger partial charge in [0.1, 0.15) is 0 Å². The molecule has 3 aromatic rings. The van der Waals surface area contributed by atoms with Gasteiger partial charge in [0, 0.05) is 25.3 Å². The smallest absolute Gasteiger partial charge is 0.372 e. The minimum absolute atomic E-state index is 0.0686. The second kappa shape index (κ2) is 12.2. The molecule has 1 amide bonds. The van der Waals surface area contributed by atoms with Crippen LogP contribution in [0.15, 0.2) is 83.8 Å². The average Bonchev–Trinajstić information content (AvgIpc) is 2.96. The molecule has 3 aromatic carbocycles. The molecule has 0 saturated carbocycles. The number of piperidine rings is 1. The Morgan fingerprint density at radius 3 is 2.24 bits per heavy atom. The summed E-state index contributed by atoms with van der Waals surface area (Å²) in [4.78, 5) is 14.8. The van der Waals surface area contributed by atoms with Crippen molar-refractivity contribution in [2.75, 3.05) is 38.1 Å². The summed E-state index contributed by atoms with van der Waals surface area (Å²) in [7, 11) is -3.80. The molecule has 2 heterocycles. The number of nitrogens with one attached hydrogen (secondary N) is 1. The molecule has 7 nitrogen and oxygen atoms in total. The molecule has 2 saturated heterocycles. The predicted molar refractivity (Wildman–Crippen MR) is 153 cm³/mol. The number of ether oxygens (including phenoxy) is 1. The van der Waals surface area contributed by atoms with Crippen LogP contribution in [0.4, 0.5) is 18.9 Å². The zero-order chi connectivity index (χ0) is 30.0. The van der Waals surface area contributed by atoms with Crippen LogP contribution in [0, 0.1) is 6.92 Å². The topological polar surface area (TPSA) is 79.0 Å². The summed E-state index contributed by atoms with van der Waals surface area (Å²) in [6.07, 6.45) is -2.83. The molecule has 1 spiro atoms. The highest BCUT2D eigenvalue weighted by Crippen LogP contribution is 2.36. The number of amides is 1. The lowest BCUT2D eigenvalue weighted by atomic mass is 9.88. The van der Waals surface area contributed by atoms with Gasteiger partial charge >= 0.3 is 6.18 Å². The molecule has 2 aliphatic rings. The number of morpholine rings is 1. The first-order valence-corrected chi connectivity index (χ1v) is 15.3. The van der Waals surface area contributed by atoms with E-state index in [1.54, 1.807) is 28.6 Å². The first-order chi connectivity index (χ1) is 19.9. The van der Waals surface area contributed by atoms with Gasteiger partial charge in [0.2, 0.25) is 15.9 Å². The number of alkyl halides is 3. The van der Waals surface area contributed by atoms with Gasteiger partial charge in [-0.05, 0) is 68.1 Å². The molecule has 5 rings (SSSR count). The Balaban J connectivity index is 1.24. The normalized spacial score (nSPS) is 20.0. The van der Waals surface area contributed by atoms with Crippen LogP contribution in [-0.2, 0) is 32.2 Å². The fraction of sp³-hybridized carbons (Fsp3) is 0.387. The number of hydrogen-bond donors (Lipinski definition) is 1. The standard InChI is InChI=1S/C31H34F3N3O4S/c1-23-7-13-28(14-8-23)42(39,40)37-22-30(41-21-27(37)19-24-5-3-2-4-6-24)15-17-36(18-16-30)20-29(38)35-26-11-9-25(10-12-26)31(32,33)34/h2-14,27H,15-22H2,1H3,(H,35,38)/t27-/m1/s1. The number of hydrogen-bond acceptors (Lipinski definition) is 5. The van der Waals surface area contributed by atoms with Crippen LogP contribution in [0.1, 0.15) is 29.5 Å². The Kier molecular flexibility index (Phi) is 8.75. The van der Waals surface area contributed by atoms with E-state index >= 15 is 0 Å². The Morgan fingerprint density at radius 2 is 1.62 bits per heavy atom. The Morgan fingerprint density at radius 1 is 0.976 bits per heavy atom. The maximum absolute atomic E-state index is 13.9. The SMILES string of the molecule is Cc1ccc(S(=O)(=O)N2CC3(CCN(CC(=O)Nc4ccc(C(F)(F)F)cc4)CC3)OC[C@H]2Cc2ccccc2)cc1. The maximum atomic E-state index is 13.9. The summed E-state index contributed by atoms with van der Waals surface area (Å²) in [5, 5.41) is 2.65. The fourth-order valence-corrected chi connectivity index (χ4v) is 7.24. The molecular weight excluding hydrogens is 567 g/mol. The summed E-state index contributed by atoms with van der Waals surface area (Å²) >= 11 is 0. The van der Waals surface area contributed by atoms with E-state index in [2.05, 4.69) is 5.32 Å². The highest BCUT2D eigenvalue weighted by atomic mass is 32.2. The van der Waals surface area contributed by atoms with Crippen LogP contribution in [-0.4, -0.2) is 68.0 Å². The first kappa shape index (κ1) is 30.2. The van der Waals surface area contributed by atoms with Gasteiger partial charge in [-0.1, -0.05) is 48.0 Å². The zero-order valence-corrected chi connectivity index (χ0v) is 24.1. The molecular formula is C31H34F3N3O4S. The molecule has 1 N–H and O–H groups in total. The summed E-state index contributed by atoms with van der Waals surface area (Å²) in [6.45, 7) is 3.49. The minimum Gasteiger partial charge on any atom is -0.372 e. The number of likely N-dealkylation sites (tertiary alicyclic amines) is 1. The monoisotopic (exact) mass is 601 g/mol. The molecule has 42 heavy (non-hydrogen) atoms. The van der Waals surface area contributed by atoms with Gasteiger partial charge in [-0.25, -0.2) is 8.42 Å². The van der Waals surface area contributed by atoms with Crippen molar-refractivity contribution in [1.82, 2.24) is 9.21 Å². The third kappa shape index (κ3) is 7.03. The second-order valence-electron chi connectivity index (χ2n) is 11.1. The van der Waals surface area contributed by atoms with Gasteiger partial charge in [-0.2, -0.15) is 17.5 Å². The summed E-state index contributed by atoms with van der Waals surface area (Å²) in [5.74, 6) is -0.332. The lowest BCUT2D eigenvalue weighted by molar-refractivity contribution is -0.139. The van der Waals surface area contributed by atoms with E-state index in [1.807, 2.05) is 42.2 Å². The highest BCUT2D eigenvalue weighted by molar-refractivity contribution is 7.89. The third-order valence-corrected chi connectivity index (χ3v) is 9.92. The molecule has 0 aliphatic carbocycles. The van der Waals surface area contributed by atoms with Crippen molar-refractivity contribution in [2.24, 2.45) is 0 Å². The fourth-order valence-electron chi connectivity index (χ4n) is 5.56. The molecule has 224 valence electrons. The largest absolute Gasteiger partial charge is 0.416 e. The molecule has 0 radical (unpaired) electrons. The van der Waals surface area contributed by atoms with Crippen molar-refractivity contribution < 1.29 is 31.1 Å². The van der Waals surface area contributed by atoms with Crippen LogP contribution >= 0.6 is 0 Å². The van der Waals surface area contributed by atoms with E-state index in [9.17, 15) is 26.4 Å². The molecule has 0 aromatic heterocycles. The number of anilines is 1. The Hall–Kier alpha value is -3.25. The van der Waals surface area contributed by atoms with Crippen molar-refractivity contribution in [3.8, 4) is 0 Å². The third-order valence-electron chi connectivity index (χ3n) is 8.01. The number of rotatable bonds is 7. The molecule has 0 unspecified atom stereocenters. The van der Waals surface area contributed by atoms with Gasteiger partial charge in [0.05, 0.1) is 35.3 Å². The van der Waals surface area contributed by atoms with Gasteiger partial charge in [-0.3, -0.25) is 9.69 Å². The first-order valence-electron chi connectivity index (χ1n) is 13.9. The van der Waals surface area contributed by atoms with Crippen LogP contribution in [0.3, 0.4) is 0 Å². The Labute approximate surface area is 244 Å². The molecule has 11 heteroatoms. The Bertz CT molecular complexity index is 1470. The minimum atomic E-state index is -4.44. The number of sulfonamides is 1. The number of aryl methyl sites for hydroxylation is 1. The predicted octanol–water partition coefficient (Wildman–Crippen LogP) is 5.12. The lowest BCUT2D eigenvalue weighted by Gasteiger charge is -2.49. The second-order valence-corrected chi connectivity index (χ2v) is 13.0. The van der Waals surface area contributed by atoms with E-state index in [-0.39, 0.29) is 36.5 Å². The van der Waals surface area contributed by atoms with Crippen molar-refractivity contribution in [1.29, 1.82) is 0 Å². The maximum Gasteiger partial charge on any atom is 0.416 e. The number of benzene rings is 3. The van der Waals surface area contributed by atoms with Gasteiger partial charge < -0.3 is 10.1 Å².